The van der Waals surface area contributed by atoms with E-state index in [1.165, 1.54) is 11.1 Å². The molecule has 0 bridgehead atoms. The number of aliphatic imine (C=N–C) groups is 1. The Labute approximate surface area is 127 Å². The van der Waals surface area contributed by atoms with E-state index in [1.54, 1.807) is 0 Å². The van der Waals surface area contributed by atoms with Gasteiger partial charge in [0.25, 0.3) is 0 Å². The molecule has 0 spiro atoms. The number of hydrogen-bond acceptors (Lipinski definition) is 3. The fourth-order valence-electron chi connectivity index (χ4n) is 2.33. The average Bonchev–Trinajstić information content (AvgIpc) is 2.59. The minimum absolute atomic E-state index is 0.0163. The second kappa shape index (κ2) is 7.60. The van der Waals surface area contributed by atoms with Crippen LogP contribution in [-0.4, -0.2) is 18.3 Å². The van der Waals surface area contributed by atoms with Gasteiger partial charge in [0.05, 0.1) is 6.34 Å². The summed E-state index contributed by atoms with van der Waals surface area (Å²) in [6, 6.07) is 20.7. The van der Waals surface area contributed by atoms with Gasteiger partial charge in [-0.3, -0.25) is 10.3 Å². The predicted molar refractivity (Wildman–Crippen MR) is 89.1 cm³/mol. The SMILES string of the molecule is CC.CN1C=NC(c2ccccc2)NC1c1ccccc1. The lowest BCUT2D eigenvalue weighted by molar-refractivity contribution is 0.265. The second-order valence-electron chi connectivity index (χ2n) is 4.72. The molecule has 1 aliphatic heterocycles. The van der Waals surface area contributed by atoms with Crippen LogP contribution in [-0.2, 0) is 0 Å². The summed E-state index contributed by atoms with van der Waals surface area (Å²) < 4.78 is 0. The zero-order valence-corrected chi connectivity index (χ0v) is 12.9. The molecule has 0 saturated heterocycles. The van der Waals surface area contributed by atoms with Crippen molar-refractivity contribution < 1.29 is 0 Å². The maximum absolute atomic E-state index is 4.55. The number of nitrogens with one attached hydrogen (secondary N) is 1. The van der Waals surface area contributed by atoms with E-state index in [-0.39, 0.29) is 12.3 Å². The Morgan fingerprint density at radius 3 is 1.95 bits per heavy atom. The molecule has 21 heavy (non-hydrogen) atoms. The highest BCUT2D eigenvalue weighted by Gasteiger charge is 2.23. The number of nitrogens with zero attached hydrogens (tertiary/aromatic N) is 2. The van der Waals surface area contributed by atoms with Crippen LogP contribution in [0.15, 0.2) is 65.7 Å². The van der Waals surface area contributed by atoms with Crippen LogP contribution in [0.5, 0.6) is 0 Å². The van der Waals surface area contributed by atoms with Crippen molar-refractivity contribution in [1.82, 2.24) is 10.2 Å². The Bertz CT molecular complexity index is 551. The molecule has 2 aromatic rings. The summed E-state index contributed by atoms with van der Waals surface area (Å²) in [5.74, 6) is 0. The van der Waals surface area contributed by atoms with Crippen molar-refractivity contribution in [2.75, 3.05) is 7.05 Å². The number of rotatable bonds is 2. The van der Waals surface area contributed by atoms with Gasteiger partial charge in [-0.2, -0.15) is 0 Å². The summed E-state index contributed by atoms with van der Waals surface area (Å²) in [6.45, 7) is 4.00. The Morgan fingerprint density at radius 2 is 1.38 bits per heavy atom. The van der Waals surface area contributed by atoms with E-state index in [1.807, 2.05) is 51.5 Å². The summed E-state index contributed by atoms with van der Waals surface area (Å²) in [7, 11) is 2.04. The van der Waals surface area contributed by atoms with Gasteiger partial charge in [0, 0.05) is 7.05 Å². The quantitative estimate of drug-likeness (QED) is 0.902. The smallest absolute Gasteiger partial charge is 0.129 e. The molecule has 0 fully saturated rings. The Balaban J connectivity index is 0.000000774. The third kappa shape index (κ3) is 3.70. The van der Waals surface area contributed by atoms with Crippen molar-refractivity contribution in [3.05, 3.63) is 71.8 Å². The highest BCUT2D eigenvalue weighted by atomic mass is 15.3. The zero-order chi connectivity index (χ0) is 15.1. The van der Waals surface area contributed by atoms with E-state index in [0.717, 1.165) is 0 Å². The van der Waals surface area contributed by atoms with Crippen molar-refractivity contribution in [3.8, 4) is 0 Å². The molecule has 0 amide bonds. The standard InChI is InChI=1S/C16H17N3.C2H6/c1-19-12-17-15(13-8-4-2-5-9-13)18-16(19)14-10-6-3-7-11-14;1-2/h2-12,15-16,18H,1H3;1-2H3. The molecule has 1 aliphatic rings. The Kier molecular flexibility index (Phi) is 5.52. The van der Waals surface area contributed by atoms with Gasteiger partial charge in [0.15, 0.2) is 0 Å². The van der Waals surface area contributed by atoms with Crippen LogP contribution >= 0.6 is 0 Å². The summed E-state index contributed by atoms with van der Waals surface area (Å²) in [4.78, 5) is 6.64. The highest BCUT2D eigenvalue weighted by molar-refractivity contribution is 5.57. The molecule has 0 saturated carbocycles. The molecular weight excluding hydrogens is 258 g/mol. The van der Waals surface area contributed by atoms with Crippen LogP contribution in [0.4, 0.5) is 0 Å². The van der Waals surface area contributed by atoms with E-state index >= 15 is 0 Å². The molecular formula is C18H23N3. The lowest BCUT2D eigenvalue weighted by atomic mass is 10.1. The predicted octanol–water partition coefficient (Wildman–Crippen LogP) is 3.97. The van der Waals surface area contributed by atoms with Gasteiger partial charge in [-0.25, -0.2) is 0 Å². The van der Waals surface area contributed by atoms with Crippen molar-refractivity contribution in [2.45, 2.75) is 26.2 Å². The second-order valence-corrected chi connectivity index (χ2v) is 4.72. The molecule has 1 heterocycles. The van der Waals surface area contributed by atoms with Crippen LogP contribution in [0.3, 0.4) is 0 Å². The maximum Gasteiger partial charge on any atom is 0.129 e. The van der Waals surface area contributed by atoms with Crippen LogP contribution in [0.1, 0.15) is 37.3 Å². The largest absolute Gasteiger partial charge is 0.346 e. The van der Waals surface area contributed by atoms with E-state index in [0.29, 0.717) is 0 Å². The van der Waals surface area contributed by atoms with Crippen LogP contribution < -0.4 is 5.32 Å². The first-order chi connectivity index (χ1) is 10.3. The summed E-state index contributed by atoms with van der Waals surface area (Å²) >= 11 is 0. The number of benzene rings is 2. The summed E-state index contributed by atoms with van der Waals surface area (Å²) in [6.07, 6.45) is 2.08. The van der Waals surface area contributed by atoms with Crippen molar-refractivity contribution >= 4 is 6.34 Å². The molecule has 2 unspecified atom stereocenters. The van der Waals surface area contributed by atoms with Crippen molar-refractivity contribution in [2.24, 2.45) is 4.99 Å². The van der Waals surface area contributed by atoms with Gasteiger partial charge in [-0.05, 0) is 11.1 Å². The molecule has 110 valence electrons. The normalized spacial score (nSPS) is 20.6. The average molecular weight is 281 g/mol. The minimum atomic E-state index is 0.0163. The zero-order valence-electron chi connectivity index (χ0n) is 12.9. The van der Waals surface area contributed by atoms with Crippen molar-refractivity contribution in [1.29, 1.82) is 0 Å². The van der Waals surface area contributed by atoms with E-state index in [2.05, 4.69) is 51.6 Å². The van der Waals surface area contributed by atoms with Crippen LogP contribution in [0, 0.1) is 0 Å². The molecule has 0 aromatic heterocycles. The lowest BCUT2D eigenvalue weighted by Crippen LogP contribution is -2.40. The first-order valence-corrected chi connectivity index (χ1v) is 7.46. The molecule has 2 aromatic carbocycles. The molecule has 1 N–H and O–H groups in total. The summed E-state index contributed by atoms with van der Waals surface area (Å²) in [5, 5.41) is 3.56. The molecule has 2 atom stereocenters. The van der Waals surface area contributed by atoms with Gasteiger partial charge < -0.3 is 4.90 Å². The van der Waals surface area contributed by atoms with Gasteiger partial charge in [0.2, 0.25) is 0 Å². The Hall–Kier alpha value is -2.13. The summed E-state index contributed by atoms with van der Waals surface area (Å²) in [5.41, 5.74) is 2.44. The van der Waals surface area contributed by atoms with Crippen LogP contribution in [0.25, 0.3) is 0 Å². The Morgan fingerprint density at radius 1 is 0.857 bits per heavy atom. The van der Waals surface area contributed by atoms with Gasteiger partial charge >= 0.3 is 0 Å². The fourth-order valence-corrected chi connectivity index (χ4v) is 2.33. The van der Waals surface area contributed by atoms with Crippen molar-refractivity contribution in [3.63, 3.8) is 0 Å². The minimum Gasteiger partial charge on any atom is -0.346 e. The third-order valence-electron chi connectivity index (χ3n) is 3.35. The van der Waals surface area contributed by atoms with Crippen LogP contribution in [0.2, 0.25) is 0 Å². The highest BCUT2D eigenvalue weighted by Crippen LogP contribution is 2.25. The molecule has 0 aliphatic carbocycles. The van der Waals surface area contributed by atoms with E-state index < -0.39 is 0 Å². The number of hydrogen-bond donors (Lipinski definition) is 1. The maximum atomic E-state index is 4.55. The molecule has 3 rings (SSSR count). The molecule has 0 radical (unpaired) electrons. The lowest BCUT2D eigenvalue weighted by Gasteiger charge is -2.34. The first-order valence-electron chi connectivity index (χ1n) is 7.46. The van der Waals surface area contributed by atoms with Gasteiger partial charge in [-0.15, -0.1) is 0 Å². The van der Waals surface area contributed by atoms with Gasteiger partial charge in [-0.1, -0.05) is 74.5 Å². The monoisotopic (exact) mass is 281 g/mol. The van der Waals surface area contributed by atoms with E-state index in [9.17, 15) is 0 Å². The van der Waals surface area contributed by atoms with Gasteiger partial charge in [0.1, 0.15) is 12.3 Å². The molecule has 3 nitrogen and oxygen atoms in total. The van der Waals surface area contributed by atoms with E-state index in [4.69, 9.17) is 0 Å². The first kappa shape index (κ1) is 15.3. The third-order valence-corrected chi connectivity index (χ3v) is 3.35. The topological polar surface area (TPSA) is 27.6 Å². The molecule has 3 heteroatoms. The fraction of sp³-hybridized carbons (Fsp3) is 0.278.